The first-order chi connectivity index (χ1) is 9.65. The van der Waals surface area contributed by atoms with Gasteiger partial charge in [0.1, 0.15) is 0 Å². The minimum Gasteiger partial charge on any atom is -0.379 e. The first-order valence-electron chi connectivity index (χ1n) is 7.47. The van der Waals surface area contributed by atoms with Gasteiger partial charge in [-0.15, -0.1) is 0 Å². The smallest absolute Gasteiger partial charge is 0.233 e. The SMILES string of the molecule is CC1CCN(C(=O)CSC(N)=NC[C@@H]2CCCO2)CC1. The van der Waals surface area contributed by atoms with E-state index in [2.05, 4.69) is 11.9 Å². The maximum Gasteiger partial charge on any atom is 0.233 e. The van der Waals surface area contributed by atoms with E-state index < -0.39 is 0 Å². The van der Waals surface area contributed by atoms with Crippen molar-refractivity contribution in [3.63, 3.8) is 0 Å². The molecule has 2 heterocycles. The number of hydrogen-bond acceptors (Lipinski definition) is 4. The fraction of sp³-hybridized carbons (Fsp3) is 0.857. The Bertz CT molecular complexity index is 348. The summed E-state index contributed by atoms with van der Waals surface area (Å²) in [5.41, 5.74) is 5.84. The van der Waals surface area contributed by atoms with Crippen LogP contribution in [0.5, 0.6) is 0 Å². The highest BCUT2D eigenvalue weighted by Crippen LogP contribution is 2.17. The largest absolute Gasteiger partial charge is 0.379 e. The quantitative estimate of drug-likeness (QED) is 0.630. The molecule has 2 saturated heterocycles. The van der Waals surface area contributed by atoms with Gasteiger partial charge in [-0.3, -0.25) is 9.79 Å². The molecule has 1 amide bonds. The summed E-state index contributed by atoms with van der Waals surface area (Å²) in [6.45, 7) is 5.46. The van der Waals surface area contributed by atoms with E-state index >= 15 is 0 Å². The monoisotopic (exact) mass is 299 g/mol. The van der Waals surface area contributed by atoms with Crippen LogP contribution < -0.4 is 5.73 Å². The fourth-order valence-corrected chi connectivity index (χ4v) is 3.13. The number of carbonyl (C=O) groups excluding carboxylic acids is 1. The van der Waals surface area contributed by atoms with Crippen LogP contribution >= 0.6 is 11.8 Å². The van der Waals surface area contributed by atoms with Crippen LogP contribution in [0.15, 0.2) is 4.99 Å². The number of hydrogen-bond donors (Lipinski definition) is 1. The number of nitrogens with zero attached hydrogens (tertiary/aromatic N) is 2. The fourth-order valence-electron chi connectivity index (χ4n) is 2.51. The molecule has 5 nitrogen and oxygen atoms in total. The number of likely N-dealkylation sites (tertiary alicyclic amines) is 1. The lowest BCUT2D eigenvalue weighted by molar-refractivity contribution is -0.129. The Balaban J connectivity index is 1.65. The van der Waals surface area contributed by atoms with Crippen LogP contribution in [-0.2, 0) is 9.53 Å². The van der Waals surface area contributed by atoms with Gasteiger partial charge in [-0.25, -0.2) is 0 Å². The third-order valence-electron chi connectivity index (χ3n) is 3.95. The molecule has 2 fully saturated rings. The van der Waals surface area contributed by atoms with E-state index in [0.29, 0.717) is 17.5 Å². The van der Waals surface area contributed by atoms with Crippen LogP contribution in [0.1, 0.15) is 32.6 Å². The number of amides is 1. The molecule has 0 aliphatic carbocycles. The van der Waals surface area contributed by atoms with Gasteiger partial charge in [0.25, 0.3) is 0 Å². The molecular formula is C14H25N3O2S. The maximum absolute atomic E-state index is 12.0. The molecule has 0 aromatic heterocycles. The second-order valence-corrected chi connectivity index (χ2v) is 6.66. The predicted molar refractivity (Wildman–Crippen MR) is 82.9 cm³/mol. The minimum atomic E-state index is 0.178. The van der Waals surface area contributed by atoms with Gasteiger partial charge in [-0.05, 0) is 31.6 Å². The third kappa shape index (κ3) is 4.98. The molecule has 0 aromatic carbocycles. The first kappa shape index (κ1) is 15.6. The van der Waals surface area contributed by atoms with Crippen molar-refractivity contribution in [2.75, 3.05) is 32.0 Å². The van der Waals surface area contributed by atoms with Gasteiger partial charge in [-0.1, -0.05) is 18.7 Å². The second kappa shape index (κ2) is 7.88. The van der Waals surface area contributed by atoms with Crippen molar-refractivity contribution in [1.82, 2.24) is 4.90 Å². The molecule has 2 aliphatic rings. The number of amidine groups is 1. The summed E-state index contributed by atoms with van der Waals surface area (Å²) in [5, 5.41) is 0.499. The number of ether oxygens (including phenoxy) is 1. The summed E-state index contributed by atoms with van der Waals surface area (Å²) >= 11 is 1.34. The number of piperidine rings is 1. The molecule has 0 bridgehead atoms. The topological polar surface area (TPSA) is 67.9 Å². The number of aliphatic imine (C=N–C) groups is 1. The molecular weight excluding hydrogens is 274 g/mol. The van der Waals surface area contributed by atoms with Crippen LogP contribution in [0.25, 0.3) is 0 Å². The van der Waals surface area contributed by atoms with Gasteiger partial charge in [0.05, 0.1) is 18.4 Å². The van der Waals surface area contributed by atoms with E-state index in [1.807, 2.05) is 4.90 Å². The molecule has 2 rings (SSSR count). The van der Waals surface area contributed by atoms with Gasteiger partial charge < -0.3 is 15.4 Å². The first-order valence-corrected chi connectivity index (χ1v) is 8.46. The molecule has 2 aliphatic heterocycles. The summed E-state index contributed by atoms with van der Waals surface area (Å²) in [5.74, 6) is 1.32. The molecule has 1 atom stereocenters. The highest BCUT2D eigenvalue weighted by atomic mass is 32.2. The molecule has 6 heteroatoms. The van der Waals surface area contributed by atoms with Crippen molar-refractivity contribution in [1.29, 1.82) is 0 Å². The lowest BCUT2D eigenvalue weighted by atomic mass is 9.99. The molecule has 114 valence electrons. The van der Waals surface area contributed by atoms with Gasteiger partial charge in [0, 0.05) is 19.7 Å². The van der Waals surface area contributed by atoms with E-state index in [1.165, 1.54) is 11.8 Å². The Morgan fingerprint density at radius 3 is 2.80 bits per heavy atom. The van der Waals surface area contributed by atoms with Crippen molar-refractivity contribution in [2.45, 2.75) is 38.7 Å². The molecule has 0 unspecified atom stereocenters. The molecule has 0 spiro atoms. The summed E-state index contributed by atoms with van der Waals surface area (Å²) in [6.07, 6.45) is 4.61. The lowest BCUT2D eigenvalue weighted by Crippen LogP contribution is -2.39. The van der Waals surface area contributed by atoms with Crippen LogP contribution in [0, 0.1) is 5.92 Å². The zero-order valence-corrected chi connectivity index (χ0v) is 13.0. The van der Waals surface area contributed by atoms with E-state index in [4.69, 9.17) is 10.5 Å². The highest BCUT2D eigenvalue weighted by molar-refractivity contribution is 8.14. The molecule has 0 saturated carbocycles. The molecule has 20 heavy (non-hydrogen) atoms. The minimum absolute atomic E-state index is 0.178. The van der Waals surface area contributed by atoms with E-state index in [1.54, 1.807) is 0 Å². The van der Waals surface area contributed by atoms with E-state index in [9.17, 15) is 4.79 Å². The number of rotatable bonds is 4. The van der Waals surface area contributed by atoms with Gasteiger partial charge in [0.2, 0.25) is 5.91 Å². The Morgan fingerprint density at radius 2 is 2.15 bits per heavy atom. The average Bonchev–Trinajstić information content (AvgIpc) is 2.96. The zero-order valence-electron chi connectivity index (χ0n) is 12.2. The number of thioether (sulfide) groups is 1. The summed E-state index contributed by atoms with van der Waals surface area (Å²) in [4.78, 5) is 18.3. The number of nitrogens with two attached hydrogens (primary N) is 1. The van der Waals surface area contributed by atoms with Crippen LogP contribution in [0.4, 0.5) is 0 Å². The Hall–Kier alpha value is -0.750. The summed E-state index contributed by atoms with van der Waals surface area (Å²) in [7, 11) is 0. The number of carbonyl (C=O) groups is 1. The van der Waals surface area contributed by atoms with Crippen LogP contribution in [0.2, 0.25) is 0 Å². The Labute approximate surface area is 125 Å². The van der Waals surface area contributed by atoms with Gasteiger partial charge in [0.15, 0.2) is 5.17 Å². The highest BCUT2D eigenvalue weighted by Gasteiger charge is 2.20. The molecule has 0 radical (unpaired) electrons. The van der Waals surface area contributed by atoms with Crippen molar-refractivity contribution in [3.05, 3.63) is 0 Å². The molecule has 2 N–H and O–H groups in total. The second-order valence-electron chi connectivity index (χ2n) is 5.67. The van der Waals surface area contributed by atoms with Crippen molar-refractivity contribution in [2.24, 2.45) is 16.6 Å². The van der Waals surface area contributed by atoms with Crippen molar-refractivity contribution in [3.8, 4) is 0 Å². The van der Waals surface area contributed by atoms with Crippen molar-refractivity contribution < 1.29 is 9.53 Å². The van der Waals surface area contributed by atoms with Crippen molar-refractivity contribution >= 4 is 22.8 Å². The summed E-state index contributed by atoms with van der Waals surface area (Å²) < 4.78 is 5.49. The maximum atomic E-state index is 12.0. The van der Waals surface area contributed by atoms with Crippen LogP contribution in [-0.4, -0.2) is 54.1 Å². The summed E-state index contributed by atoms with van der Waals surface area (Å²) in [6, 6.07) is 0. The Kier molecular flexibility index (Phi) is 6.16. The zero-order chi connectivity index (χ0) is 14.4. The van der Waals surface area contributed by atoms with Crippen LogP contribution in [0.3, 0.4) is 0 Å². The van der Waals surface area contributed by atoms with E-state index in [-0.39, 0.29) is 12.0 Å². The standard InChI is InChI=1S/C14H25N3O2S/c1-11-4-6-17(7-5-11)13(18)10-20-14(15)16-9-12-3-2-8-19-12/h11-12H,2-10H2,1H3,(H2,15,16)/t12-/m0/s1. The lowest BCUT2D eigenvalue weighted by Gasteiger charge is -2.30. The van der Waals surface area contributed by atoms with Gasteiger partial charge in [-0.2, -0.15) is 0 Å². The normalized spacial score (nSPS) is 25.1. The van der Waals surface area contributed by atoms with E-state index in [0.717, 1.165) is 51.3 Å². The molecule has 0 aromatic rings. The predicted octanol–water partition coefficient (Wildman–Crippen LogP) is 1.47. The average molecular weight is 299 g/mol. The van der Waals surface area contributed by atoms with Gasteiger partial charge >= 0.3 is 0 Å². The third-order valence-corrected chi connectivity index (χ3v) is 4.77. The Morgan fingerprint density at radius 1 is 1.40 bits per heavy atom.